The van der Waals surface area contributed by atoms with Crippen LogP contribution in [0.15, 0.2) is 24.4 Å². The van der Waals surface area contributed by atoms with Gasteiger partial charge in [0.15, 0.2) is 0 Å². The van der Waals surface area contributed by atoms with Crippen LogP contribution < -0.4 is 5.32 Å². The van der Waals surface area contributed by atoms with Gasteiger partial charge < -0.3 is 10.2 Å². The molecular formula is C14H21N3O. The van der Waals surface area contributed by atoms with E-state index >= 15 is 0 Å². The Bertz CT molecular complexity index is 380. The Balaban J connectivity index is 1.72. The molecule has 0 aromatic carbocycles. The van der Waals surface area contributed by atoms with Gasteiger partial charge in [0.05, 0.1) is 12.2 Å². The topological polar surface area (TPSA) is 45.2 Å². The molecule has 1 aliphatic heterocycles. The molecule has 1 aliphatic rings. The maximum atomic E-state index is 11.8. The molecule has 1 atom stereocenters. The van der Waals surface area contributed by atoms with Gasteiger partial charge in [-0.25, -0.2) is 0 Å². The highest BCUT2D eigenvalue weighted by molar-refractivity contribution is 5.76. The molecule has 2 heterocycles. The Morgan fingerprint density at radius 2 is 2.44 bits per heavy atom. The van der Waals surface area contributed by atoms with Gasteiger partial charge in [0.1, 0.15) is 0 Å². The van der Waals surface area contributed by atoms with Gasteiger partial charge in [-0.1, -0.05) is 6.07 Å². The Hall–Kier alpha value is -1.42. The summed E-state index contributed by atoms with van der Waals surface area (Å²) < 4.78 is 0. The van der Waals surface area contributed by atoms with Gasteiger partial charge in [-0.05, 0) is 44.5 Å². The van der Waals surface area contributed by atoms with E-state index in [-0.39, 0.29) is 5.91 Å². The number of aromatic nitrogens is 1. The van der Waals surface area contributed by atoms with Gasteiger partial charge in [-0.2, -0.15) is 0 Å². The summed E-state index contributed by atoms with van der Waals surface area (Å²) in [6, 6.07) is 5.74. The van der Waals surface area contributed by atoms with Gasteiger partial charge in [-0.3, -0.25) is 9.78 Å². The lowest BCUT2D eigenvalue weighted by Crippen LogP contribution is -2.35. The number of carbonyl (C=O) groups excluding carboxylic acids is 1. The van der Waals surface area contributed by atoms with E-state index < -0.39 is 0 Å². The predicted molar refractivity (Wildman–Crippen MR) is 70.9 cm³/mol. The largest absolute Gasteiger partial charge is 0.350 e. The number of pyridine rings is 1. The lowest BCUT2D eigenvalue weighted by molar-refractivity contribution is -0.122. The molecule has 4 nitrogen and oxygen atoms in total. The number of hydrogen-bond acceptors (Lipinski definition) is 3. The monoisotopic (exact) mass is 247 g/mol. The molecule has 0 spiro atoms. The molecule has 0 saturated carbocycles. The van der Waals surface area contributed by atoms with Gasteiger partial charge in [-0.15, -0.1) is 0 Å². The number of amides is 1. The number of nitrogens with zero attached hydrogens (tertiary/aromatic N) is 2. The minimum absolute atomic E-state index is 0.140. The third-order valence-electron chi connectivity index (χ3n) is 3.39. The summed E-state index contributed by atoms with van der Waals surface area (Å²) >= 11 is 0. The van der Waals surface area contributed by atoms with Crippen molar-refractivity contribution in [2.45, 2.75) is 25.8 Å². The molecular weight excluding hydrogens is 226 g/mol. The number of carbonyl (C=O) groups is 1. The Morgan fingerprint density at radius 3 is 3.17 bits per heavy atom. The zero-order chi connectivity index (χ0) is 12.8. The van der Waals surface area contributed by atoms with E-state index in [0.29, 0.717) is 18.9 Å². The van der Waals surface area contributed by atoms with Crippen molar-refractivity contribution >= 4 is 5.91 Å². The summed E-state index contributed by atoms with van der Waals surface area (Å²) in [7, 11) is 2.12. The first-order chi connectivity index (χ1) is 8.74. The van der Waals surface area contributed by atoms with Crippen molar-refractivity contribution < 1.29 is 4.79 Å². The highest BCUT2D eigenvalue weighted by Gasteiger charge is 2.19. The van der Waals surface area contributed by atoms with Crippen LogP contribution in [0.4, 0.5) is 0 Å². The summed E-state index contributed by atoms with van der Waals surface area (Å²) in [5.74, 6) is 0.647. The first-order valence-electron chi connectivity index (χ1n) is 6.59. The first-order valence-corrected chi connectivity index (χ1v) is 6.59. The number of piperidine rings is 1. The van der Waals surface area contributed by atoms with Gasteiger partial charge >= 0.3 is 0 Å². The van der Waals surface area contributed by atoms with Gasteiger partial charge in [0, 0.05) is 19.2 Å². The minimum Gasteiger partial charge on any atom is -0.350 e. The van der Waals surface area contributed by atoms with Crippen LogP contribution in [0.1, 0.15) is 25.0 Å². The molecule has 98 valence electrons. The van der Waals surface area contributed by atoms with Crippen LogP contribution in [0.3, 0.4) is 0 Å². The van der Waals surface area contributed by atoms with Crippen molar-refractivity contribution in [3.8, 4) is 0 Å². The van der Waals surface area contributed by atoms with Crippen molar-refractivity contribution in [3.63, 3.8) is 0 Å². The molecule has 1 fully saturated rings. The highest BCUT2D eigenvalue weighted by Crippen LogP contribution is 2.18. The van der Waals surface area contributed by atoms with Crippen LogP contribution in [-0.4, -0.2) is 35.9 Å². The SMILES string of the molecule is CN1CCCC(CC(=O)NCc2ccccn2)C1. The fourth-order valence-electron chi connectivity index (χ4n) is 2.47. The fraction of sp³-hybridized carbons (Fsp3) is 0.571. The van der Waals surface area contributed by atoms with Crippen molar-refractivity contribution in [2.75, 3.05) is 20.1 Å². The molecule has 0 radical (unpaired) electrons. The number of nitrogens with one attached hydrogen (secondary N) is 1. The molecule has 1 amide bonds. The zero-order valence-corrected chi connectivity index (χ0v) is 10.9. The summed E-state index contributed by atoms with van der Waals surface area (Å²) in [5.41, 5.74) is 0.909. The van der Waals surface area contributed by atoms with Crippen LogP contribution in [-0.2, 0) is 11.3 Å². The van der Waals surface area contributed by atoms with Crippen molar-refractivity contribution in [1.29, 1.82) is 0 Å². The molecule has 0 bridgehead atoms. The third-order valence-corrected chi connectivity index (χ3v) is 3.39. The maximum Gasteiger partial charge on any atom is 0.220 e. The maximum absolute atomic E-state index is 11.8. The lowest BCUT2D eigenvalue weighted by atomic mass is 9.95. The molecule has 0 aliphatic carbocycles. The summed E-state index contributed by atoms with van der Waals surface area (Å²) in [4.78, 5) is 18.3. The van der Waals surface area contributed by atoms with E-state index in [1.54, 1.807) is 6.20 Å². The second-order valence-corrected chi connectivity index (χ2v) is 5.07. The quantitative estimate of drug-likeness (QED) is 0.875. The Kier molecular flexibility index (Phi) is 4.70. The van der Waals surface area contributed by atoms with Crippen molar-refractivity contribution in [1.82, 2.24) is 15.2 Å². The first kappa shape index (κ1) is 13.0. The van der Waals surface area contributed by atoms with Crippen molar-refractivity contribution in [2.24, 2.45) is 5.92 Å². The highest BCUT2D eigenvalue weighted by atomic mass is 16.1. The smallest absolute Gasteiger partial charge is 0.220 e. The minimum atomic E-state index is 0.140. The van der Waals surface area contributed by atoms with Crippen LogP contribution in [0, 0.1) is 5.92 Å². The van der Waals surface area contributed by atoms with Crippen LogP contribution >= 0.6 is 0 Å². The third kappa shape index (κ3) is 4.11. The molecule has 18 heavy (non-hydrogen) atoms. The van der Waals surface area contributed by atoms with Crippen molar-refractivity contribution in [3.05, 3.63) is 30.1 Å². The normalized spacial score (nSPS) is 20.6. The average Bonchev–Trinajstić information content (AvgIpc) is 2.38. The molecule has 2 rings (SSSR count). The zero-order valence-electron chi connectivity index (χ0n) is 10.9. The molecule has 1 aromatic rings. The number of rotatable bonds is 4. The second-order valence-electron chi connectivity index (χ2n) is 5.07. The average molecular weight is 247 g/mol. The lowest BCUT2D eigenvalue weighted by Gasteiger charge is -2.29. The van der Waals surface area contributed by atoms with E-state index in [4.69, 9.17) is 0 Å². The van der Waals surface area contributed by atoms with Gasteiger partial charge in [0.2, 0.25) is 5.91 Å². The van der Waals surface area contributed by atoms with Crippen LogP contribution in [0.2, 0.25) is 0 Å². The summed E-state index contributed by atoms with van der Waals surface area (Å²) in [5, 5.41) is 2.94. The molecule has 1 unspecified atom stereocenters. The molecule has 1 saturated heterocycles. The molecule has 1 aromatic heterocycles. The van der Waals surface area contributed by atoms with E-state index in [9.17, 15) is 4.79 Å². The number of likely N-dealkylation sites (tertiary alicyclic amines) is 1. The number of hydrogen-bond donors (Lipinski definition) is 1. The van der Waals surface area contributed by atoms with E-state index in [1.165, 1.54) is 12.8 Å². The van der Waals surface area contributed by atoms with Gasteiger partial charge in [0.25, 0.3) is 0 Å². The molecule has 4 heteroatoms. The standard InChI is InChI=1S/C14H21N3O/c1-17-8-4-5-12(11-17)9-14(18)16-10-13-6-2-3-7-15-13/h2-3,6-7,12H,4-5,8-11H2,1H3,(H,16,18). The van der Waals surface area contributed by atoms with Crippen LogP contribution in [0.5, 0.6) is 0 Å². The second kappa shape index (κ2) is 6.50. The summed E-state index contributed by atoms with van der Waals surface area (Å²) in [6.45, 7) is 2.73. The van der Waals surface area contributed by atoms with E-state index in [0.717, 1.165) is 18.8 Å². The fourth-order valence-corrected chi connectivity index (χ4v) is 2.47. The Labute approximate surface area is 108 Å². The Morgan fingerprint density at radius 1 is 1.56 bits per heavy atom. The van der Waals surface area contributed by atoms with E-state index in [2.05, 4.69) is 22.2 Å². The van der Waals surface area contributed by atoms with E-state index in [1.807, 2.05) is 18.2 Å². The summed E-state index contributed by atoms with van der Waals surface area (Å²) in [6.07, 6.45) is 4.75. The predicted octanol–water partition coefficient (Wildman–Crippen LogP) is 1.43. The molecule has 1 N–H and O–H groups in total. The van der Waals surface area contributed by atoms with Crippen LogP contribution in [0.25, 0.3) is 0 Å².